The average Bonchev–Trinajstić information content (AvgIpc) is 3.02. The summed E-state index contributed by atoms with van der Waals surface area (Å²) >= 11 is 1.03. The minimum absolute atomic E-state index is 0.0777. The predicted molar refractivity (Wildman–Crippen MR) is 112 cm³/mol. The number of hydrogen-bond acceptors (Lipinski definition) is 3. The fourth-order valence-electron chi connectivity index (χ4n) is 3.59. The molecular weight excluding hydrogens is 356 g/mol. The molecule has 0 aliphatic carbocycles. The number of imide groups is 1. The number of aryl methyl sites for hydroxylation is 3. The molecule has 1 atom stereocenters. The fourth-order valence-corrected chi connectivity index (χ4v) is 4.52. The Hall–Kier alpha value is -2.27. The topological polar surface area (TPSA) is 42.3 Å². The predicted octanol–water partition coefficient (Wildman–Crippen LogP) is 5.55. The molecule has 2 aromatic rings. The highest BCUT2D eigenvalue weighted by Gasteiger charge is 2.37. The first kappa shape index (κ1) is 19.5. The smallest absolute Gasteiger partial charge is 0.293 e. The number of rotatable bonds is 4. The monoisotopic (exact) mass is 382 g/mol. The maximum atomic E-state index is 12.7. The van der Waals surface area contributed by atoms with Gasteiger partial charge in [0.25, 0.3) is 11.1 Å². The van der Waals surface area contributed by atoms with Crippen LogP contribution >= 0.6 is 11.8 Å². The summed E-state index contributed by atoms with van der Waals surface area (Å²) in [5.74, 6) is -0.185. The van der Waals surface area contributed by atoms with Gasteiger partial charge in [-0.1, -0.05) is 13.0 Å². The van der Waals surface area contributed by atoms with Crippen molar-refractivity contribution in [2.45, 2.75) is 54.0 Å². The van der Waals surface area contributed by atoms with Crippen molar-refractivity contribution in [1.82, 2.24) is 9.47 Å². The molecule has 4 nitrogen and oxygen atoms in total. The Balaban J connectivity index is 2.01. The largest absolute Gasteiger partial charge is 0.318 e. The van der Waals surface area contributed by atoms with Crippen molar-refractivity contribution in [3.8, 4) is 5.69 Å². The summed E-state index contributed by atoms with van der Waals surface area (Å²) in [6.45, 7) is 12.2. The molecule has 5 heteroatoms. The van der Waals surface area contributed by atoms with E-state index in [1.807, 2.05) is 19.9 Å². The van der Waals surface area contributed by atoms with E-state index in [-0.39, 0.29) is 17.2 Å². The van der Waals surface area contributed by atoms with Crippen LogP contribution in [0.1, 0.15) is 48.3 Å². The second-order valence-corrected chi connectivity index (χ2v) is 8.31. The number of carbonyl (C=O) groups is 2. The molecule has 1 saturated heterocycles. The van der Waals surface area contributed by atoms with E-state index in [4.69, 9.17) is 0 Å². The number of aromatic nitrogens is 1. The van der Waals surface area contributed by atoms with Crippen LogP contribution in [0.3, 0.4) is 0 Å². The lowest BCUT2D eigenvalue weighted by Crippen LogP contribution is -2.36. The summed E-state index contributed by atoms with van der Waals surface area (Å²) in [4.78, 5) is 26.8. The molecule has 0 saturated carbocycles. The van der Waals surface area contributed by atoms with Crippen LogP contribution in [0.5, 0.6) is 0 Å². The number of hydrogen-bond donors (Lipinski definition) is 0. The molecule has 27 heavy (non-hydrogen) atoms. The first-order valence-corrected chi connectivity index (χ1v) is 10.1. The summed E-state index contributed by atoms with van der Waals surface area (Å²) in [5, 5.41) is -0.177. The van der Waals surface area contributed by atoms with Gasteiger partial charge in [0, 0.05) is 23.1 Å². The van der Waals surface area contributed by atoms with Crippen molar-refractivity contribution in [3.05, 3.63) is 57.2 Å². The Kier molecular flexibility index (Phi) is 5.33. The first-order chi connectivity index (χ1) is 12.7. The molecule has 0 N–H and O–H groups in total. The fraction of sp³-hybridized carbons (Fsp3) is 0.364. The van der Waals surface area contributed by atoms with Gasteiger partial charge >= 0.3 is 0 Å². The lowest BCUT2D eigenvalue weighted by Gasteiger charge is -2.19. The molecule has 1 fully saturated rings. The summed E-state index contributed by atoms with van der Waals surface area (Å²) < 4.78 is 2.20. The standard InChI is InChI=1S/C22H26N2O2S/c1-7-15(4)24-21(25)20(27-22(24)26)12-18-11-16(5)23(17(18)6)19-9-13(2)8-14(3)10-19/h8-12,15H,7H2,1-6H3/b20-12+/t15-/m0/s1. The van der Waals surface area contributed by atoms with Gasteiger partial charge in [0.1, 0.15) is 0 Å². The Bertz CT molecular complexity index is 935. The number of benzene rings is 1. The van der Waals surface area contributed by atoms with Gasteiger partial charge in [-0.2, -0.15) is 0 Å². The summed E-state index contributed by atoms with van der Waals surface area (Å²) in [6, 6.07) is 8.47. The molecule has 2 amide bonds. The number of carbonyl (C=O) groups excluding carboxylic acids is 2. The van der Waals surface area contributed by atoms with E-state index < -0.39 is 0 Å². The molecule has 1 aliphatic rings. The van der Waals surface area contributed by atoms with Crippen LogP contribution in [0.4, 0.5) is 4.79 Å². The van der Waals surface area contributed by atoms with Gasteiger partial charge in [0.15, 0.2) is 0 Å². The minimum Gasteiger partial charge on any atom is -0.318 e. The summed E-state index contributed by atoms with van der Waals surface area (Å²) in [6.07, 6.45) is 2.61. The van der Waals surface area contributed by atoms with Gasteiger partial charge in [0.2, 0.25) is 0 Å². The second kappa shape index (κ2) is 7.39. The molecule has 2 heterocycles. The maximum absolute atomic E-state index is 12.7. The molecule has 142 valence electrons. The molecule has 0 bridgehead atoms. The van der Waals surface area contributed by atoms with Crippen LogP contribution in [0, 0.1) is 27.7 Å². The van der Waals surface area contributed by atoms with Crippen molar-refractivity contribution in [1.29, 1.82) is 0 Å². The van der Waals surface area contributed by atoms with Crippen LogP contribution in [-0.4, -0.2) is 26.7 Å². The van der Waals surface area contributed by atoms with Crippen LogP contribution < -0.4 is 0 Å². The molecule has 1 aromatic carbocycles. The maximum Gasteiger partial charge on any atom is 0.293 e. The van der Waals surface area contributed by atoms with Gasteiger partial charge in [-0.05, 0) is 93.8 Å². The van der Waals surface area contributed by atoms with Crippen molar-refractivity contribution < 1.29 is 9.59 Å². The highest BCUT2D eigenvalue weighted by Crippen LogP contribution is 2.35. The van der Waals surface area contributed by atoms with Crippen LogP contribution in [-0.2, 0) is 4.79 Å². The minimum atomic E-state index is -0.185. The highest BCUT2D eigenvalue weighted by molar-refractivity contribution is 8.18. The van der Waals surface area contributed by atoms with E-state index in [9.17, 15) is 9.59 Å². The Morgan fingerprint density at radius 2 is 1.67 bits per heavy atom. The third kappa shape index (κ3) is 3.61. The van der Waals surface area contributed by atoms with Gasteiger partial charge in [-0.25, -0.2) is 0 Å². The van der Waals surface area contributed by atoms with Crippen LogP contribution in [0.2, 0.25) is 0 Å². The normalized spacial score (nSPS) is 17.3. The van der Waals surface area contributed by atoms with E-state index in [1.165, 1.54) is 16.0 Å². The zero-order chi connectivity index (χ0) is 19.9. The SMILES string of the molecule is CC[C@H](C)N1C(=O)S/C(=C/c2cc(C)n(-c3cc(C)cc(C)c3)c2C)C1=O. The summed E-state index contributed by atoms with van der Waals surface area (Å²) in [7, 11) is 0. The van der Waals surface area contributed by atoms with E-state index in [2.05, 4.69) is 56.5 Å². The lowest BCUT2D eigenvalue weighted by atomic mass is 10.1. The molecular formula is C22H26N2O2S. The third-order valence-electron chi connectivity index (χ3n) is 5.08. The van der Waals surface area contributed by atoms with Crippen LogP contribution in [0.25, 0.3) is 11.8 Å². The molecule has 0 unspecified atom stereocenters. The molecule has 0 radical (unpaired) electrons. The third-order valence-corrected chi connectivity index (χ3v) is 5.96. The van der Waals surface area contributed by atoms with Crippen molar-refractivity contribution in [2.75, 3.05) is 0 Å². The number of amides is 2. The van der Waals surface area contributed by atoms with E-state index >= 15 is 0 Å². The van der Waals surface area contributed by atoms with Crippen molar-refractivity contribution >= 4 is 29.0 Å². The zero-order valence-corrected chi connectivity index (χ0v) is 17.6. The van der Waals surface area contributed by atoms with E-state index in [1.54, 1.807) is 0 Å². The Morgan fingerprint density at radius 1 is 1.04 bits per heavy atom. The highest BCUT2D eigenvalue weighted by atomic mass is 32.2. The van der Waals surface area contributed by atoms with E-state index in [0.717, 1.165) is 40.8 Å². The summed E-state index contributed by atoms with van der Waals surface area (Å²) in [5.41, 5.74) is 6.69. The van der Waals surface area contributed by atoms with Crippen LogP contribution in [0.15, 0.2) is 29.2 Å². The molecule has 3 rings (SSSR count). The Morgan fingerprint density at radius 3 is 2.26 bits per heavy atom. The van der Waals surface area contributed by atoms with Gasteiger partial charge in [0.05, 0.1) is 4.91 Å². The first-order valence-electron chi connectivity index (χ1n) is 9.27. The molecule has 1 aliphatic heterocycles. The molecule has 0 spiro atoms. The van der Waals surface area contributed by atoms with Gasteiger partial charge < -0.3 is 4.57 Å². The number of thioether (sulfide) groups is 1. The second-order valence-electron chi connectivity index (χ2n) is 7.32. The Labute approximate surface area is 165 Å². The van der Waals surface area contributed by atoms with Crippen molar-refractivity contribution in [2.24, 2.45) is 0 Å². The van der Waals surface area contributed by atoms with Gasteiger partial charge in [-0.15, -0.1) is 0 Å². The lowest BCUT2D eigenvalue weighted by molar-refractivity contribution is -0.124. The average molecular weight is 383 g/mol. The number of nitrogens with zero attached hydrogens (tertiary/aromatic N) is 2. The quantitative estimate of drug-likeness (QED) is 0.652. The van der Waals surface area contributed by atoms with Gasteiger partial charge in [-0.3, -0.25) is 14.5 Å². The zero-order valence-electron chi connectivity index (χ0n) is 16.8. The van der Waals surface area contributed by atoms with Crippen molar-refractivity contribution in [3.63, 3.8) is 0 Å². The molecule has 1 aromatic heterocycles. The van der Waals surface area contributed by atoms with E-state index in [0.29, 0.717) is 4.91 Å².